The molecule has 0 saturated carbocycles. The lowest BCUT2D eigenvalue weighted by atomic mass is 10.0. The molecule has 9 heteroatoms. The lowest BCUT2D eigenvalue weighted by Crippen LogP contribution is -2.50. The summed E-state index contributed by atoms with van der Waals surface area (Å²) >= 11 is 0. The van der Waals surface area contributed by atoms with Gasteiger partial charge in [-0.15, -0.1) is 0 Å². The summed E-state index contributed by atoms with van der Waals surface area (Å²) in [7, 11) is 3.19. The highest BCUT2D eigenvalue weighted by atomic mass is 16.6. The van der Waals surface area contributed by atoms with E-state index in [4.69, 9.17) is 9.47 Å². The van der Waals surface area contributed by atoms with Crippen LogP contribution >= 0.6 is 0 Å². The fourth-order valence-electron chi connectivity index (χ4n) is 3.06. The molecule has 0 aliphatic carbocycles. The average Bonchev–Trinajstić information content (AvgIpc) is 3.06. The van der Waals surface area contributed by atoms with Gasteiger partial charge in [0.05, 0.1) is 19.5 Å². The summed E-state index contributed by atoms with van der Waals surface area (Å²) in [5, 5.41) is 17.9. The molecule has 1 atom stereocenters. The van der Waals surface area contributed by atoms with Gasteiger partial charge in [-0.05, 0) is 25.0 Å². The van der Waals surface area contributed by atoms with E-state index in [9.17, 15) is 9.90 Å². The Balaban J connectivity index is 1.60. The fourth-order valence-corrected chi connectivity index (χ4v) is 3.06. The number of aromatic nitrogens is 2. The summed E-state index contributed by atoms with van der Waals surface area (Å²) in [5.41, 5.74) is 0.906. The molecule has 0 radical (unpaired) electrons. The van der Waals surface area contributed by atoms with Gasteiger partial charge in [0.25, 0.3) is 12.5 Å². The number of hydrogen-bond acceptors (Lipinski definition) is 7. The Morgan fingerprint density at radius 2 is 2.23 bits per heavy atom. The Hall–Kier alpha value is -2.97. The van der Waals surface area contributed by atoms with E-state index in [0.717, 1.165) is 18.5 Å². The van der Waals surface area contributed by atoms with E-state index in [0.29, 0.717) is 24.6 Å². The van der Waals surface area contributed by atoms with Crippen molar-refractivity contribution in [3.05, 3.63) is 24.4 Å². The molecular weight excluding hydrogens is 340 g/mol. The molecule has 1 aliphatic heterocycles. The van der Waals surface area contributed by atoms with Gasteiger partial charge in [-0.25, -0.2) is 0 Å². The number of ether oxygens (including phenoxy) is 2. The van der Waals surface area contributed by atoms with Crippen molar-refractivity contribution in [3.8, 4) is 17.4 Å². The van der Waals surface area contributed by atoms with Crippen LogP contribution in [-0.4, -0.2) is 49.4 Å². The predicted molar refractivity (Wildman–Crippen MR) is 88.9 cm³/mol. The molecule has 2 heterocycles. The third kappa shape index (κ3) is 4.16. The highest BCUT2D eigenvalue weighted by molar-refractivity contribution is 5.74. The quantitative estimate of drug-likeness (QED) is 0.730. The lowest BCUT2D eigenvalue weighted by molar-refractivity contribution is -0.751. The molecule has 1 amide bonds. The second-order valence-corrected chi connectivity index (χ2v) is 6.11. The minimum Gasteiger partial charge on any atom is -0.539 e. The average molecular weight is 362 g/mol. The van der Waals surface area contributed by atoms with E-state index >= 15 is 0 Å². The van der Waals surface area contributed by atoms with Crippen LogP contribution in [0.3, 0.4) is 0 Å². The summed E-state index contributed by atoms with van der Waals surface area (Å²) in [6, 6.07) is 5.77. The van der Waals surface area contributed by atoms with Crippen LogP contribution in [0, 0.1) is 0 Å². The number of methoxy groups -OCH3 is 2. The number of amides is 1. The van der Waals surface area contributed by atoms with Crippen LogP contribution in [-0.2, 0) is 11.3 Å². The van der Waals surface area contributed by atoms with Crippen LogP contribution in [0.25, 0.3) is 0 Å². The maximum atomic E-state index is 12.4. The monoisotopic (exact) mass is 362 g/mol. The molecule has 0 spiro atoms. The van der Waals surface area contributed by atoms with E-state index in [1.54, 1.807) is 19.1 Å². The van der Waals surface area contributed by atoms with E-state index in [1.165, 1.54) is 10.9 Å². The zero-order chi connectivity index (χ0) is 18.5. The van der Waals surface area contributed by atoms with E-state index in [1.807, 2.05) is 18.2 Å². The van der Waals surface area contributed by atoms with Gasteiger partial charge in [0.1, 0.15) is 5.95 Å². The van der Waals surface area contributed by atoms with E-state index in [2.05, 4.69) is 15.1 Å². The van der Waals surface area contributed by atoms with Crippen LogP contribution in [0.4, 0.5) is 5.69 Å². The van der Waals surface area contributed by atoms with Crippen LogP contribution in [0.1, 0.15) is 12.8 Å². The molecule has 1 aliphatic rings. The summed E-state index contributed by atoms with van der Waals surface area (Å²) in [6.07, 6.45) is 3.02. The molecule has 3 rings (SSSR count). The molecule has 1 fully saturated rings. The summed E-state index contributed by atoms with van der Waals surface area (Å²) < 4.78 is 16.2. The van der Waals surface area contributed by atoms with Crippen LogP contribution in [0.2, 0.25) is 0 Å². The van der Waals surface area contributed by atoms with Gasteiger partial charge in [-0.1, -0.05) is 4.68 Å². The molecule has 140 valence electrons. The highest BCUT2D eigenvalue weighted by Gasteiger charge is 2.26. The van der Waals surface area contributed by atoms with Crippen LogP contribution in [0.5, 0.6) is 17.4 Å². The summed E-state index contributed by atoms with van der Waals surface area (Å²) in [5.74, 6) is 0.657. The topological polar surface area (TPSA) is 104 Å². The summed E-state index contributed by atoms with van der Waals surface area (Å²) in [4.78, 5) is 14.2. The number of nitrogens with zero attached hydrogens (tertiary/aromatic N) is 3. The largest absolute Gasteiger partial charge is 0.539 e. The normalized spacial score (nSPS) is 17.0. The van der Waals surface area contributed by atoms with Crippen molar-refractivity contribution >= 4 is 11.6 Å². The number of carbonyl (C=O) groups is 1. The van der Waals surface area contributed by atoms with Crippen molar-refractivity contribution in [2.75, 3.05) is 32.6 Å². The fraction of sp³-hybridized carbons (Fsp3) is 0.471. The Bertz CT molecular complexity index is 763. The molecule has 1 aromatic heterocycles. The Kier molecular flexibility index (Phi) is 5.45. The zero-order valence-electron chi connectivity index (χ0n) is 14.8. The number of nitrogens with one attached hydrogen (secondary N) is 1. The Labute approximate surface area is 151 Å². The number of likely N-dealkylation sites (tertiary alicyclic amines) is 1. The second-order valence-electron chi connectivity index (χ2n) is 6.11. The van der Waals surface area contributed by atoms with Crippen molar-refractivity contribution in [1.82, 2.24) is 10.2 Å². The lowest BCUT2D eigenvalue weighted by Gasteiger charge is -2.33. The van der Waals surface area contributed by atoms with Gasteiger partial charge < -0.3 is 29.3 Å². The molecule has 1 aromatic carbocycles. The maximum Gasteiger partial charge on any atom is 0.291 e. The standard InChI is InChI=1S/C17H22N4O5/c1-24-14-6-5-12(8-15(14)25-2)18-13-4-3-7-20(9-13)16(22)10-21-11-17(23)26-19-21/h5-6,8,11,13,18H,3-4,7,9-10H2,1-2H3. The van der Waals surface area contributed by atoms with Gasteiger partial charge in [-0.3, -0.25) is 4.79 Å². The smallest absolute Gasteiger partial charge is 0.291 e. The molecule has 1 N–H and O–H groups in total. The van der Waals surface area contributed by atoms with Crippen molar-refractivity contribution in [1.29, 1.82) is 0 Å². The maximum absolute atomic E-state index is 12.4. The van der Waals surface area contributed by atoms with Gasteiger partial charge in [-0.2, -0.15) is 0 Å². The van der Waals surface area contributed by atoms with Crippen LogP contribution < -0.4 is 24.6 Å². The third-order valence-electron chi connectivity index (χ3n) is 4.32. The van der Waals surface area contributed by atoms with Gasteiger partial charge in [0.15, 0.2) is 11.5 Å². The van der Waals surface area contributed by atoms with Crippen molar-refractivity contribution in [2.45, 2.75) is 25.4 Å². The van der Waals surface area contributed by atoms with Gasteiger partial charge in [0.2, 0.25) is 6.20 Å². The predicted octanol–water partition coefficient (Wildman–Crippen LogP) is 0.156. The number of rotatable bonds is 6. The molecule has 26 heavy (non-hydrogen) atoms. The molecule has 2 aromatic rings. The zero-order valence-corrected chi connectivity index (χ0v) is 14.8. The first kappa shape index (κ1) is 17.8. The Morgan fingerprint density at radius 3 is 2.92 bits per heavy atom. The second kappa shape index (κ2) is 7.94. The molecule has 1 saturated heterocycles. The number of anilines is 1. The van der Waals surface area contributed by atoms with E-state index < -0.39 is 5.95 Å². The SMILES string of the molecule is COc1ccc(NC2CCCN(C(=O)C[n+]3cc([O-])on3)C2)cc1OC. The van der Waals surface area contributed by atoms with Crippen molar-refractivity contribution in [3.63, 3.8) is 0 Å². The molecular formula is C17H22N4O5. The first-order valence-electron chi connectivity index (χ1n) is 8.39. The van der Waals surface area contributed by atoms with Crippen molar-refractivity contribution < 1.29 is 28.6 Å². The highest BCUT2D eigenvalue weighted by Crippen LogP contribution is 2.30. The minimum atomic E-state index is -0.565. The molecule has 1 unspecified atom stereocenters. The number of hydrogen-bond donors (Lipinski definition) is 1. The van der Waals surface area contributed by atoms with Gasteiger partial charge in [0, 0.05) is 30.9 Å². The number of piperidine rings is 1. The van der Waals surface area contributed by atoms with Crippen LogP contribution in [0.15, 0.2) is 28.9 Å². The Morgan fingerprint density at radius 1 is 1.42 bits per heavy atom. The van der Waals surface area contributed by atoms with Crippen molar-refractivity contribution in [2.24, 2.45) is 0 Å². The first-order chi connectivity index (χ1) is 12.6. The first-order valence-corrected chi connectivity index (χ1v) is 8.39. The van der Waals surface area contributed by atoms with Gasteiger partial charge >= 0.3 is 0 Å². The summed E-state index contributed by atoms with van der Waals surface area (Å²) in [6.45, 7) is 1.26. The number of carbonyl (C=O) groups excluding carboxylic acids is 1. The third-order valence-corrected chi connectivity index (χ3v) is 4.32. The molecule has 0 bridgehead atoms. The molecule has 9 nitrogen and oxygen atoms in total. The van der Waals surface area contributed by atoms with E-state index in [-0.39, 0.29) is 18.5 Å². The minimum absolute atomic E-state index is 0.00514. The number of benzene rings is 1.